The molecule has 272 valence electrons. The molecule has 0 fully saturated rings. The second kappa shape index (κ2) is 20.7. The van der Waals surface area contributed by atoms with Crippen molar-refractivity contribution < 1.29 is 43.2 Å². The van der Waals surface area contributed by atoms with Gasteiger partial charge in [0.1, 0.15) is 12.1 Å². The summed E-state index contributed by atoms with van der Waals surface area (Å²) in [6.45, 7) is 10.7. The molecule has 0 aromatic heterocycles. The number of hydrogen-bond acceptors (Lipinski definition) is 10. The number of nitrogens with one attached hydrogen (secondary N) is 4. The van der Waals surface area contributed by atoms with Crippen LogP contribution in [0.4, 0.5) is 9.59 Å². The van der Waals surface area contributed by atoms with Crippen LogP contribution < -0.4 is 30.8 Å². The number of aliphatic hydroxyl groups excluding tert-OH is 1. The minimum absolute atomic E-state index is 0.110. The molecule has 4 amide bonds. The summed E-state index contributed by atoms with van der Waals surface area (Å²) in [5, 5.41) is 21.4. The average Bonchev–Trinajstić information content (AvgIpc) is 3.05. The number of carbonyl (C=O) groups is 4. The highest BCUT2D eigenvalue weighted by Crippen LogP contribution is 2.28. The second-order valence-corrected chi connectivity index (χ2v) is 12.1. The van der Waals surface area contributed by atoms with E-state index in [1.807, 2.05) is 30.3 Å². The molecule has 2 aromatic rings. The van der Waals surface area contributed by atoms with Crippen molar-refractivity contribution in [3.63, 3.8) is 0 Å². The van der Waals surface area contributed by atoms with E-state index >= 15 is 0 Å². The fourth-order valence-electron chi connectivity index (χ4n) is 5.02. The van der Waals surface area contributed by atoms with Crippen molar-refractivity contribution in [1.29, 1.82) is 0 Å². The molecule has 49 heavy (non-hydrogen) atoms. The Balaban J connectivity index is 2.45. The van der Waals surface area contributed by atoms with E-state index in [0.717, 1.165) is 5.56 Å². The topological polar surface area (TPSA) is 177 Å². The highest BCUT2D eigenvalue weighted by atomic mass is 16.6. The van der Waals surface area contributed by atoms with Gasteiger partial charge in [-0.25, -0.2) is 14.6 Å². The van der Waals surface area contributed by atoms with E-state index in [0.29, 0.717) is 17.1 Å². The minimum atomic E-state index is -1.23. The largest absolute Gasteiger partial charge is 0.493 e. The molecule has 0 spiro atoms. The monoisotopic (exact) mass is 687 g/mol. The SMILES string of the molecule is CCOC(=O)N[C@H](C(=O)NC(Cc1ccccc1)C(O)CN(Cc1ccc(OC)c(OC)c1)NC(=O)[C@@H](NC(=O)OCC)C(C)C)C(C)C. The van der Waals surface area contributed by atoms with Crippen LogP contribution in [0.2, 0.25) is 0 Å². The van der Waals surface area contributed by atoms with Crippen LogP contribution in [-0.2, 0) is 32.0 Å². The molecule has 5 N–H and O–H groups in total. The highest BCUT2D eigenvalue weighted by molar-refractivity contribution is 5.86. The predicted octanol–water partition coefficient (Wildman–Crippen LogP) is 3.17. The summed E-state index contributed by atoms with van der Waals surface area (Å²) in [7, 11) is 3.04. The Labute approximate surface area is 289 Å². The molecule has 2 aromatic carbocycles. The third-order valence-electron chi connectivity index (χ3n) is 7.58. The van der Waals surface area contributed by atoms with Gasteiger partial charge in [0.15, 0.2) is 11.5 Å². The van der Waals surface area contributed by atoms with Crippen LogP contribution in [0.1, 0.15) is 52.7 Å². The zero-order valence-corrected chi connectivity index (χ0v) is 29.8. The molecule has 14 heteroatoms. The van der Waals surface area contributed by atoms with Crippen LogP contribution in [0.5, 0.6) is 11.5 Å². The Kier molecular flexibility index (Phi) is 17.2. The number of aliphatic hydroxyl groups is 1. The number of hydrogen-bond donors (Lipinski definition) is 5. The van der Waals surface area contributed by atoms with Crippen molar-refractivity contribution >= 4 is 24.0 Å². The number of rotatable bonds is 19. The number of nitrogens with zero attached hydrogens (tertiary/aromatic N) is 1. The lowest BCUT2D eigenvalue weighted by Crippen LogP contribution is -2.59. The summed E-state index contributed by atoms with van der Waals surface area (Å²) >= 11 is 0. The lowest BCUT2D eigenvalue weighted by atomic mass is 9.98. The van der Waals surface area contributed by atoms with Crippen LogP contribution in [0.15, 0.2) is 48.5 Å². The molecule has 0 radical (unpaired) electrons. The molecular weight excluding hydrogens is 634 g/mol. The molecular formula is C35H53N5O9. The summed E-state index contributed by atoms with van der Waals surface area (Å²) < 4.78 is 20.8. The highest BCUT2D eigenvalue weighted by Gasteiger charge is 2.32. The molecule has 0 saturated heterocycles. The van der Waals surface area contributed by atoms with E-state index in [9.17, 15) is 24.3 Å². The van der Waals surface area contributed by atoms with Crippen LogP contribution in [-0.4, -0.2) is 92.3 Å². The van der Waals surface area contributed by atoms with Crippen molar-refractivity contribution in [2.75, 3.05) is 34.0 Å². The van der Waals surface area contributed by atoms with Gasteiger partial charge in [-0.15, -0.1) is 0 Å². The molecule has 0 aliphatic rings. The lowest BCUT2D eigenvalue weighted by molar-refractivity contribution is -0.131. The number of methoxy groups -OCH3 is 2. The number of ether oxygens (including phenoxy) is 4. The Morgan fingerprint density at radius 1 is 0.735 bits per heavy atom. The summed E-state index contributed by atoms with van der Waals surface area (Å²) in [4.78, 5) is 51.7. The summed E-state index contributed by atoms with van der Waals surface area (Å²) in [6.07, 6.45) is -2.44. The Bertz CT molecular complexity index is 1340. The van der Waals surface area contributed by atoms with Gasteiger partial charge in [0.2, 0.25) is 5.91 Å². The normalized spacial score (nSPS) is 13.6. The van der Waals surface area contributed by atoms with Gasteiger partial charge in [-0.05, 0) is 55.4 Å². The summed E-state index contributed by atoms with van der Waals surface area (Å²) in [6, 6.07) is 11.9. The third kappa shape index (κ3) is 13.5. The number of hydrazine groups is 1. The van der Waals surface area contributed by atoms with E-state index in [1.54, 1.807) is 59.7 Å². The first-order valence-electron chi connectivity index (χ1n) is 16.5. The first-order chi connectivity index (χ1) is 23.3. The molecule has 2 unspecified atom stereocenters. The van der Waals surface area contributed by atoms with E-state index in [1.165, 1.54) is 19.2 Å². The number of alkyl carbamates (subject to hydrolysis) is 2. The van der Waals surface area contributed by atoms with Gasteiger partial charge >= 0.3 is 12.2 Å². The lowest BCUT2D eigenvalue weighted by Gasteiger charge is -2.33. The Morgan fingerprint density at radius 2 is 1.29 bits per heavy atom. The van der Waals surface area contributed by atoms with Crippen molar-refractivity contribution in [2.24, 2.45) is 11.8 Å². The zero-order valence-electron chi connectivity index (χ0n) is 29.8. The first kappa shape index (κ1) is 40.6. The molecule has 14 nitrogen and oxygen atoms in total. The van der Waals surface area contributed by atoms with E-state index in [4.69, 9.17) is 18.9 Å². The van der Waals surface area contributed by atoms with Crippen molar-refractivity contribution in [3.8, 4) is 11.5 Å². The maximum atomic E-state index is 13.6. The van der Waals surface area contributed by atoms with Gasteiger partial charge < -0.3 is 40.0 Å². The molecule has 0 aliphatic heterocycles. The minimum Gasteiger partial charge on any atom is -0.493 e. The molecule has 4 atom stereocenters. The maximum Gasteiger partial charge on any atom is 0.407 e. The van der Waals surface area contributed by atoms with Crippen LogP contribution in [0, 0.1) is 11.8 Å². The van der Waals surface area contributed by atoms with Gasteiger partial charge in [-0.2, -0.15) is 0 Å². The van der Waals surface area contributed by atoms with Crippen LogP contribution >= 0.6 is 0 Å². The van der Waals surface area contributed by atoms with Crippen molar-refractivity contribution in [2.45, 2.75) is 78.7 Å². The van der Waals surface area contributed by atoms with Crippen LogP contribution in [0.25, 0.3) is 0 Å². The van der Waals surface area contributed by atoms with Gasteiger partial charge in [0.05, 0.1) is 39.6 Å². The fraction of sp³-hybridized carbons (Fsp3) is 0.543. The van der Waals surface area contributed by atoms with E-state index in [2.05, 4.69) is 21.4 Å². The van der Waals surface area contributed by atoms with E-state index in [-0.39, 0.29) is 44.6 Å². The maximum absolute atomic E-state index is 13.6. The van der Waals surface area contributed by atoms with Crippen molar-refractivity contribution in [3.05, 3.63) is 59.7 Å². The Hall–Kier alpha value is -4.56. The fourth-order valence-corrected chi connectivity index (χ4v) is 5.02. The summed E-state index contributed by atoms with van der Waals surface area (Å²) in [5.74, 6) is -0.641. The standard InChI is InChI=1S/C35H53N5O9/c1-9-48-34(44)37-30(22(3)4)32(42)36-26(18-24-14-12-11-13-15-24)27(41)21-40(20-25-16-17-28(46-7)29(19-25)47-8)39-33(43)31(23(5)6)38-35(45)49-10-2/h11-17,19,22-23,26-27,30-31,41H,9-10,18,20-21H2,1-8H3,(H,36,42)(H,37,44)(H,38,45)(H,39,43)/t26?,27?,30-,31-/m0/s1. The van der Waals surface area contributed by atoms with Gasteiger partial charge in [-0.3, -0.25) is 15.0 Å². The van der Waals surface area contributed by atoms with Gasteiger partial charge in [-0.1, -0.05) is 64.1 Å². The third-order valence-corrected chi connectivity index (χ3v) is 7.58. The first-order valence-corrected chi connectivity index (χ1v) is 16.5. The second-order valence-electron chi connectivity index (χ2n) is 12.1. The Morgan fingerprint density at radius 3 is 1.80 bits per heavy atom. The smallest absolute Gasteiger partial charge is 0.407 e. The van der Waals surface area contributed by atoms with Gasteiger partial charge in [0, 0.05) is 13.1 Å². The molecule has 2 rings (SSSR count). The predicted molar refractivity (Wildman–Crippen MR) is 184 cm³/mol. The van der Waals surface area contributed by atoms with E-state index < -0.39 is 48.2 Å². The molecule has 0 aliphatic carbocycles. The van der Waals surface area contributed by atoms with Crippen LogP contribution in [0.3, 0.4) is 0 Å². The molecule has 0 saturated carbocycles. The van der Waals surface area contributed by atoms with Gasteiger partial charge in [0.25, 0.3) is 5.91 Å². The number of benzene rings is 2. The average molecular weight is 688 g/mol. The number of amides is 4. The summed E-state index contributed by atoms with van der Waals surface area (Å²) in [5.41, 5.74) is 4.41. The van der Waals surface area contributed by atoms with Crippen molar-refractivity contribution in [1.82, 2.24) is 26.4 Å². The molecule has 0 bridgehead atoms. The number of carbonyl (C=O) groups excluding carboxylic acids is 4. The molecule has 0 heterocycles. The quantitative estimate of drug-likeness (QED) is 0.138. The zero-order chi connectivity index (χ0) is 36.5.